The first-order chi connectivity index (χ1) is 11.6. The number of hydrogen-bond acceptors (Lipinski definition) is 2. The topological polar surface area (TPSA) is 52.7 Å². The van der Waals surface area contributed by atoms with Crippen LogP contribution in [0.25, 0.3) is 0 Å². The number of nitrogens with one attached hydrogen (secondary N) is 1. The van der Waals surface area contributed by atoms with Crippen LogP contribution in [0.2, 0.25) is 0 Å². The molecule has 3 fully saturated rings. The minimum Gasteiger partial charge on any atom is -0.331 e. The standard InChI is InChI=1S/C18H22FN3O2/c19-14-6-4-13(5-7-14)17(12-2-1-3-12)20-18(24)21-10-16(23)22(11-21)15-8-9-15/h4-7,12,15,17H,1-3,8-11H2,(H,20,24). The van der Waals surface area contributed by atoms with E-state index in [1.165, 1.54) is 12.1 Å². The van der Waals surface area contributed by atoms with Crippen molar-refractivity contribution in [3.8, 4) is 0 Å². The lowest BCUT2D eigenvalue weighted by Gasteiger charge is -2.35. The minimum atomic E-state index is -0.275. The SMILES string of the molecule is O=C(NC(c1ccc(F)cc1)C1CCC1)N1CC(=O)N(C2CC2)C1. The molecule has 1 aliphatic heterocycles. The van der Waals surface area contributed by atoms with Crippen molar-refractivity contribution in [2.24, 2.45) is 5.92 Å². The van der Waals surface area contributed by atoms with Gasteiger partial charge in [-0.3, -0.25) is 9.69 Å². The fraction of sp³-hybridized carbons (Fsp3) is 0.556. The average molecular weight is 331 g/mol. The average Bonchev–Trinajstić information content (AvgIpc) is 3.28. The lowest BCUT2D eigenvalue weighted by molar-refractivity contribution is -0.127. The Bertz CT molecular complexity index is 640. The summed E-state index contributed by atoms with van der Waals surface area (Å²) < 4.78 is 13.2. The molecule has 1 unspecified atom stereocenters. The van der Waals surface area contributed by atoms with Crippen molar-refractivity contribution >= 4 is 11.9 Å². The molecule has 1 heterocycles. The van der Waals surface area contributed by atoms with Gasteiger partial charge >= 0.3 is 6.03 Å². The van der Waals surface area contributed by atoms with Crippen molar-refractivity contribution in [3.63, 3.8) is 0 Å². The molecule has 1 saturated heterocycles. The first-order valence-electron chi connectivity index (χ1n) is 8.72. The molecule has 24 heavy (non-hydrogen) atoms. The van der Waals surface area contributed by atoms with Gasteiger partial charge in [-0.15, -0.1) is 0 Å². The summed E-state index contributed by atoms with van der Waals surface area (Å²) in [4.78, 5) is 28.0. The molecule has 0 radical (unpaired) electrons. The van der Waals surface area contributed by atoms with Crippen molar-refractivity contribution in [3.05, 3.63) is 35.6 Å². The van der Waals surface area contributed by atoms with E-state index in [4.69, 9.17) is 0 Å². The molecule has 0 aromatic heterocycles. The van der Waals surface area contributed by atoms with Crippen molar-refractivity contribution in [2.45, 2.75) is 44.2 Å². The summed E-state index contributed by atoms with van der Waals surface area (Å²) in [6, 6.07) is 6.36. The van der Waals surface area contributed by atoms with Gasteiger partial charge in [-0.05, 0) is 49.3 Å². The number of benzene rings is 1. The van der Waals surface area contributed by atoms with E-state index >= 15 is 0 Å². The Labute approximate surface area is 140 Å². The molecule has 128 valence electrons. The van der Waals surface area contributed by atoms with Gasteiger partial charge in [0.25, 0.3) is 0 Å². The molecule has 4 rings (SSSR count). The molecule has 2 saturated carbocycles. The Hall–Kier alpha value is -2.11. The molecule has 0 bridgehead atoms. The third-order valence-electron chi connectivity index (χ3n) is 5.37. The van der Waals surface area contributed by atoms with Crippen LogP contribution in [0, 0.1) is 11.7 Å². The highest BCUT2D eigenvalue weighted by Gasteiger charge is 2.40. The van der Waals surface area contributed by atoms with Crippen molar-refractivity contribution in [2.75, 3.05) is 13.2 Å². The van der Waals surface area contributed by atoms with Crippen molar-refractivity contribution < 1.29 is 14.0 Å². The molecule has 1 atom stereocenters. The Morgan fingerprint density at radius 1 is 1.17 bits per heavy atom. The molecule has 1 N–H and O–H groups in total. The number of carbonyl (C=O) groups is 2. The maximum absolute atomic E-state index is 13.2. The Balaban J connectivity index is 1.45. The minimum absolute atomic E-state index is 0.0367. The molecule has 3 aliphatic rings. The molecule has 5 nitrogen and oxygen atoms in total. The first-order valence-corrected chi connectivity index (χ1v) is 8.72. The summed E-state index contributed by atoms with van der Waals surface area (Å²) in [5.74, 6) is 0.148. The van der Waals surface area contributed by atoms with Gasteiger partial charge in [0.05, 0.1) is 12.7 Å². The Kier molecular flexibility index (Phi) is 3.90. The van der Waals surface area contributed by atoms with Crippen LogP contribution in [0.4, 0.5) is 9.18 Å². The van der Waals surface area contributed by atoms with Gasteiger partial charge in [-0.1, -0.05) is 18.6 Å². The van der Waals surface area contributed by atoms with Gasteiger partial charge in [0.15, 0.2) is 0 Å². The van der Waals surface area contributed by atoms with E-state index in [2.05, 4.69) is 5.32 Å². The summed E-state index contributed by atoms with van der Waals surface area (Å²) in [5, 5.41) is 3.08. The van der Waals surface area contributed by atoms with Crippen molar-refractivity contribution in [1.82, 2.24) is 15.1 Å². The molecule has 2 aliphatic carbocycles. The smallest absolute Gasteiger partial charge is 0.319 e. The predicted molar refractivity (Wildman–Crippen MR) is 86.5 cm³/mol. The van der Waals surface area contributed by atoms with Crippen LogP contribution < -0.4 is 5.32 Å². The number of carbonyl (C=O) groups excluding carboxylic acids is 2. The summed E-state index contributed by atoms with van der Waals surface area (Å²) in [6.45, 7) is 0.541. The van der Waals surface area contributed by atoms with Crippen LogP contribution >= 0.6 is 0 Å². The van der Waals surface area contributed by atoms with Gasteiger partial charge in [0.1, 0.15) is 12.4 Å². The van der Waals surface area contributed by atoms with Gasteiger partial charge in [0.2, 0.25) is 5.91 Å². The van der Waals surface area contributed by atoms with Crippen LogP contribution in [0.5, 0.6) is 0 Å². The second-order valence-electron chi connectivity index (χ2n) is 7.10. The second-order valence-corrected chi connectivity index (χ2v) is 7.10. The molecule has 1 aromatic rings. The maximum atomic E-state index is 13.2. The Morgan fingerprint density at radius 2 is 1.88 bits per heavy atom. The summed E-state index contributed by atoms with van der Waals surface area (Å²) in [6.07, 6.45) is 5.38. The fourth-order valence-electron chi connectivity index (χ4n) is 3.55. The number of halogens is 1. The molecule has 3 amide bonds. The molecule has 0 spiro atoms. The highest BCUT2D eigenvalue weighted by Crippen LogP contribution is 2.38. The lowest BCUT2D eigenvalue weighted by Crippen LogP contribution is -2.44. The van der Waals surface area contributed by atoms with E-state index in [0.717, 1.165) is 37.7 Å². The Morgan fingerprint density at radius 3 is 2.46 bits per heavy atom. The van der Waals surface area contributed by atoms with Crippen molar-refractivity contribution in [1.29, 1.82) is 0 Å². The quantitative estimate of drug-likeness (QED) is 0.922. The monoisotopic (exact) mass is 331 g/mol. The van der Waals surface area contributed by atoms with E-state index in [0.29, 0.717) is 18.6 Å². The summed E-state index contributed by atoms with van der Waals surface area (Å²) >= 11 is 0. The predicted octanol–water partition coefficient (Wildman–Crippen LogP) is 2.64. The van der Waals surface area contributed by atoms with E-state index in [9.17, 15) is 14.0 Å². The van der Waals surface area contributed by atoms with Gasteiger partial charge in [0, 0.05) is 6.04 Å². The van der Waals surface area contributed by atoms with Gasteiger partial charge in [-0.25, -0.2) is 9.18 Å². The maximum Gasteiger partial charge on any atom is 0.319 e. The highest BCUT2D eigenvalue weighted by molar-refractivity contribution is 5.87. The van der Waals surface area contributed by atoms with Gasteiger partial charge in [-0.2, -0.15) is 0 Å². The third-order valence-corrected chi connectivity index (χ3v) is 5.37. The molecular weight excluding hydrogens is 309 g/mol. The van der Waals surface area contributed by atoms with Crippen LogP contribution in [-0.4, -0.2) is 41.0 Å². The zero-order valence-electron chi connectivity index (χ0n) is 13.6. The number of rotatable bonds is 4. The number of nitrogens with zero attached hydrogens (tertiary/aromatic N) is 2. The first kappa shape index (κ1) is 15.4. The normalized spacial score (nSPS) is 22.5. The zero-order valence-corrected chi connectivity index (χ0v) is 13.6. The van der Waals surface area contributed by atoms with E-state index in [-0.39, 0.29) is 30.3 Å². The second kappa shape index (κ2) is 6.07. The number of hydrogen-bond donors (Lipinski definition) is 1. The van der Waals surface area contributed by atoms with Crippen LogP contribution in [0.3, 0.4) is 0 Å². The van der Waals surface area contributed by atoms with E-state index in [1.807, 2.05) is 0 Å². The number of amides is 3. The zero-order chi connectivity index (χ0) is 16.7. The van der Waals surface area contributed by atoms with Gasteiger partial charge < -0.3 is 10.2 Å². The molecule has 6 heteroatoms. The van der Waals surface area contributed by atoms with Crippen LogP contribution in [-0.2, 0) is 4.79 Å². The van der Waals surface area contributed by atoms with Crippen LogP contribution in [0.15, 0.2) is 24.3 Å². The summed E-state index contributed by atoms with van der Waals surface area (Å²) in [5.41, 5.74) is 0.930. The molecule has 1 aromatic carbocycles. The van der Waals surface area contributed by atoms with E-state index < -0.39 is 0 Å². The van der Waals surface area contributed by atoms with E-state index in [1.54, 1.807) is 21.9 Å². The fourth-order valence-corrected chi connectivity index (χ4v) is 3.55. The largest absolute Gasteiger partial charge is 0.331 e. The third kappa shape index (κ3) is 2.97. The molecular formula is C18H22FN3O2. The van der Waals surface area contributed by atoms with Crippen LogP contribution in [0.1, 0.15) is 43.7 Å². The number of urea groups is 1. The summed E-state index contributed by atoms with van der Waals surface area (Å²) in [7, 11) is 0. The lowest BCUT2D eigenvalue weighted by atomic mass is 9.77. The highest BCUT2D eigenvalue weighted by atomic mass is 19.1.